The van der Waals surface area contributed by atoms with Gasteiger partial charge in [0.05, 0.1) is 5.69 Å². The third-order valence-corrected chi connectivity index (χ3v) is 5.03. The molecule has 0 amide bonds. The van der Waals surface area contributed by atoms with Crippen molar-refractivity contribution in [3.63, 3.8) is 0 Å². The molecule has 2 aromatic rings. The van der Waals surface area contributed by atoms with E-state index in [9.17, 15) is 13.2 Å². The fourth-order valence-electron chi connectivity index (χ4n) is 1.64. The lowest BCUT2D eigenvalue weighted by Gasteiger charge is -2.04. The van der Waals surface area contributed by atoms with Crippen molar-refractivity contribution in [3.8, 4) is 0 Å². The molecule has 0 aromatic carbocycles. The number of aromatic carboxylic acids is 1. The Morgan fingerprint density at radius 2 is 2.14 bits per heavy atom. The van der Waals surface area contributed by atoms with Gasteiger partial charge in [0, 0.05) is 18.2 Å². The molecule has 2 aromatic heterocycles. The van der Waals surface area contributed by atoms with Crippen molar-refractivity contribution in [2.45, 2.75) is 25.3 Å². The van der Waals surface area contributed by atoms with Crippen LogP contribution in [-0.2, 0) is 16.6 Å². The summed E-state index contributed by atoms with van der Waals surface area (Å²) < 4.78 is 36.2. The van der Waals surface area contributed by atoms with Crippen molar-refractivity contribution in [3.05, 3.63) is 33.5 Å². The second kappa shape index (κ2) is 5.62. The van der Waals surface area contributed by atoms with Gasteiger partial charge in [-0.15, -0.1) is 0 Å². The summed E-state index contributed by atoms with van der Waals surface area (Å²) in [6.07, 6.45) is 0. The Morgan fingerprint density at radius 1 is 1.48 bits per heavy atom. The highest BCUT2D eigenvalue weighted by molar-refractivity contribution is 9.10. The van der Waals surface area contributed by atoms with E-state index in [4.69, 9.17) is 14.0 Å². The minimum absolute atomic E-state index is 0.0243. The molecule has 0 fully saturated rings. The number of nitrogens with one attached hydrogen (secondary N) is 1. The van der Waals surface area contributed by atoms with Crippen LogP contribution in [0.15, 0.2) is 24.6 Å². The van der Waals surface area contributed by atoms with Crippen molar-refractivity contribution in [2.24, 2.45) is 0 Å². The normalized spacial score (nSPS) is 11.8. The van der Waals surface area contributed by atoms with Crippen LogP contribution in [0.1, 0.15) is 27.6 Å². The average Bonchev–Trinajstić information content (AvgIpc) is 2.92. The molecule has 0 bridgehead atoms. The van der Waals surface area contributed by atoms with Gasteiger partial charge in [0.1, 0.15) is 10.7 Å². The van der Waals surface area contributed by atoms with Crippen molar-refractivity contribution in [1.82, 2.24) is 9.88 Å². The highest BCUT2D eigenvalue weighted by atomic mass is 79.9. The number of aryl methyl sites for hydroxylation is 2. The number of halogens is 1. The molecular weight excluding hydrogens is 368 g/mol. The number of hydrogen-bond donors (Lipinski definition) is 2. The molecule has 2 rings (SSSR count). The van der Waals surface area contributed by atoms with E-state index in [2.05, 4.69) is 25.8 Å². The van der Waals surface area contributed by atoms with Crippen LogP contribution in [0.4, 0.5) is 0 Å². The Morgan fingerprint density at radius 3 is 2.62 bits per heavy atom. The summed E-state index contributed by atoms with van der Waals surface area (Å²) in [5, 5.41) is 12.5. The minimum atomic E-state index is -3.94. The molecule has 114 valence electrons. The quantitative estimate of drug-likeness (QED) is 0.812. The maximum Gasteiger partial charge on any atom is 0.371 e. The first-order chi connectivity index (χ1) is 9.72. The number of carboxylic acid groups (broad SMARTS) is 1. The molecular formula is C11H11BrN2O6S. The SMILES string of the molecule is Cc1noc(C)c1CNS(=O)(=O)c1cc(C(=O)O)oc1Br. The molecule has 0 unspecified atom stereocenters. The highest BCUT2D eigenvalue weighted by Gasteiger charge is 2.25. The van der Waals surface area contributed by atoms with E-state index in [-0.39, 0.29) is 16.1 Å². The van der Waals surface area contributed by atoms with Crippen LogP contribution in [0.25, 0.3) is 0 Å². The maximum absolute atomic E-state index is 12.2. The number of nitrogens with zero attached hydrogens (tertiary/aromatic N) is 1. The molecule has 0 saturated heterocycles. The molecule has 0 saturated carbocycles. The van der Waals surface area contributed by atoms with Crippen LogP contribution >= 0.6 is 15.9 Å². The lowest BCUT2D eigenvalue weighted by molar-refractivity contribution is 0.0661. The van der Waals surface area contributed by atoms with E-state index in [0.717, 1.165) is 6.07 Å². The summed E-state index contributed by atoms with van der Waals surface area (Å²) in [6.45, 7) is 3.33. The third-order valence-electron chi connectivity index (χ3n) is 2.78. The minimum Gasteiger partial charge on any atom is -0.475 e. The topological polar surface area (TPSA) is 123 Å². The molecule has 0 spiro atoms. The predicted octanol–water partition coefficient (Wildman–Crippen LogP) is 1.82. The fraction of sp³-hybridized carbons (Fsp3) is 0.273. The van der Waals surface area contributed by atoms with Crippen LogP contribution in [0.2, 0.25) is 0 Å². The molecule has 2 heterocycles. The summed E-state index contributed by atoms with van der Waals surface area (Å²) in [5.41, 5.74) is 1.20. The molecule has 0 aliphatic rings. The number of furan rings is 1. The first kappa shape index (κ1) is 15.7. The second-order valence-electron chi connectivity index (χ2n) is 4.18. The maximum atomic E-state index is 12.2. The van der Waals surface area contributed by atoms with Crippen LogP contribution < -0.4 is 4.72 Å². The first-order valence-electron chi connectivity index (χ1n) is 5.66. The number of hydrogen-bond acceptors (Lipinski definition) is 6. The molecule has 8 nitrogen and oxygen atoms in total. The van der Waals surface area contributed by atoms with E-state index in [0.29, 0.717) is 17.0 Å². The fourth-order valence-corrected chi connectivity index (χ4v) is 3.57. The second-order valence-corrected chi connectivity index (χ2v) is 6.64. The zero-order chi connectivity index (χ0) is 15.8. The van der Waals surface area contributed by atoms with Gasteiger partial charge in [-0.1, -0.05) is 5.16 Å². The largest absolute Gasteiger partial charge is 0.475 e. The number of rotatable bonds is 5. The molecule has 21 heavy (non-hydrogen) atoms. The zero-order valence-corrected chi connectivity index (χ0v) is 13.4. The summed E-state index contributed by atoms with van der Waals surface area (Å²) >= 11 is 2.89. The van der Waals surface area contributed by atoms with Crippen LogP contribution in [0.3, 0.4) is 0 Å². The molecule has 0 radical (unpaired) electrons. The van der Waals surface area contributed by atoms with Gasteiger partial charge < -0.3 is 14.0 Å². The number of carbonyl (C=O) groups is 1. The number of sulfonamides is 1. The first-order valence-corrected chi connectivity index (χ1v) is 7.94. The van der Waals surface area contributed by atoms with Gasteiger partial charge >= 0.3 is 5.97 Å². The van der Waals surface area contributed by atoms with E-state index in [1.807, 2.05) is 0 Å². The molecule has 0 aliphatic heterocycles. The van der Waals surface area contributed by atoms with Gasteiger partial charge in [0.25, 0.3) is 0 Å². The smallest absolute Gasteiger partial charge is 0.371 e. The van der Waals surface area contributed by atoms with Gasteiger partial charge in [-0.2, -0.15) is 0 Å². The van der Waals surface area contributed by atoms with Crippen molar-refractivity contribution in [1.29, 1.82) is 0 Å². The average molecular weight is 379 g/mol. The Hall–Kier alpha value is -1.65. The third kappa shape index (κ3) is 3.17. The van der Waals surface area contributed by atoms with Gasteiger partial charge in [0.15, 0.2) is 4.67 Å². The molecule has 2 N–H and O–H groups in total. The van der Waals surface area contributed by atoms with E-state index >= 15 is 0 Å². The summed E-state index contributed by atoms with van der Waals surface area (Å²) in [4.78, 5) is 10.5. The van der Waals surface area contributed by atoms with Crippen molar-refractivity contribution in [2.75, 3.05) is 0 Å². The summed E-state index contributed by atoms with van der Waals surface area (Å²) in [7, 11) is -3.94. The van der Waals surface area contributed by atoms with Crippen LogP contribution in [-0.4, -0.2) is 24.7 Å². The van der Waals surface area contributed by atoms with Gasteiger partial charge in [0.2, 0.25) is 15.8 Å². The standard InChI is InChI=1S/C11H11BrN2O6S/c1-5-7(6(2)20-14-5)4-13-21(17,18)9-3-8(11(15)16)19-10(9)12/h3,13H,4H2,1-2H3,(H,15,16). The number of aromatic nitrogens is 1. The Labute approximate surface area is 128 Å². The predicted molar refractivity (Wildman–Crippen MR) is 73.4 cm³/mol. The molecule has 10 heteroatoms. The summed E-state index contributed by atoms with van der Waals surface area (Å²) in [6, 6.07) is 0.933. The van der Waals surface area contributed by atoms with Gasteiger partial charge in [-0.3, -0.25) is 0 Å². The lowest BCUT2D eigenvalue weighted by Crippen LogP contribution is -2.23. The Bertz CT molecular complexity index is 772. The zero-order valence-electron chi connectivity index (χ0n) is 11.0. The number of carboxylic acids is 1. The van der Waals surface area contributed by atoms with E-state index in [1.165, 1.54) is 0 Å². The lowest BCUT2D eigenvalue weighted by atomic mass is 10.2. The van der Waals surface area contributed by atoms with E-state index in [1.54, 1.807) is 13.8 Å². The Balaban J connectivity index is 2.25. The Kier molecular flexibility index (Phi) is 4.21. The van der Waals surface area contributed by atoms with Crippen LogP contribution in [0, 0.1) is 13.8 Å². The molecule has 0 aliphatic carbocycles. The molecule has 0 atom stereocenters. The van der Waals surface area contributed by atoms with Crippen molar-refractivity contribution < 1.29 is 27.3 Å². The highest BCUT2D eigenvalue weighted by Crippen LogP contribution is 2.26. The monoisotopic (exact) mass is 378 g/mol. The van der Waals surface area contributed by atoms with Gasteiger partial charge in [-0.25, -0.2) is 17.9 Å². The van der Waals surface area contributed by atoms with Crippen LogP contribution in [0.5, 0.6) is 0 Å². The van der Waals surface area contributed by atoms with Gasteiger partial charge in [-0.05, 0) is 29.8 Å². The van der Waals surface area contributed by atoms with Crippen molar-refractivity contribution >= 4 is 31.9 Å². The summed E-state index contributed by atoms with van der Waals surface area (Å²) in [5.74, 6) is -1.32. The van der Waals surface area contributed by atoms with E-state index < -0.39 is 21.8 Å².